The highest BCUT2D eigenvalue weighted by Gasteiger charge is 2.56. The summed E-state index contributed by atoms with van der Waals surface area (Å²) in [7, 11) is 0. The Kier molecular flexibility index (Phi) is 3.49. The van der Waals surface area contributed by atoms with Crippen LogP contribution < -0.4 is 0 Å². The van der Waals surface area contributed by atoms with E-state index < -0.39 is 0 Å². The zero-order chi connectivity index (χ0) is 16.3. The first kappa shape index (κ1) is 15.3. The van der Waals surface area contributed by atoms with Gasteiger partial charge in [-0.05, 0) is 80.8 Å². The fraction of sp³-hybridized carbons (Fsp3) is 0.667. The van der Waals surface area contributed by atoms with Crippen LogP contribution in [0.1, 0.15) is 63.0 Å². The van der Waals surface area contributed by atoms with Gasteiger partial charge in [0.05, 0.1) is 11.5 Å². The Morgan fingerprint density at radius 3 is 2.29 bits per heavy atom. The number of rotatable bonds is 2. The van der Waals surface area contributed by atoms with Crippen molar-refractivity contribution in [1.29, 1.82) is 0 Å². The molecule has 0 radical (unpaired) electrons. The summed E-state index contributed by atoms with van der Waals surface area (Å²) in [5.74, 6) is 2.92. The molecule has 128 valence electrons. The molecule has 2 nitrogen and oxygen atoms in total. The molecule has 6 rings (SSSR count). The quantitative estimate of drug-likeness (QED) is 0.720. The second-order valence-corrected chi connectivity index (χ2v) is 9.28. The molecule has 1 heterocycles. The molecule has 0 spiro atoms. The summed E-state index contributed by atoms with van der Waals surface area (Å²) >= 11 is 6.46. The first-order valence-corrected chi connectivity index (χ1v) is 10.1. The van der Waals surface area contributed by atoms with Gasteiger partial charge in [0, 0.05) is 11.6 Å². The molecule has 4 bridgehead atoms. The molecule has 1 aromatic rings. The molecular weight excluding hydrogens is 318 g/mol. The molecule has 1 unspecified atom stereocenters. The van der Waals surface area contributed by atoms with Crippen molar-refractivity contribution in [1.82, 2.24) is 4.90 Å². The molecule has 4 aliphatic carbocycles. The van der Waals surface area contributed by atoms with E-state index in [1.165, 1.54) is 19.3 Å². The summed E-state index contributed by atoms with van der Waals surface area (Å²) in [5, 5.41) is 0.813. The van der Waals surface area contributed by atoms with E-state index in [-0.39, 0.29) is 11.5 Å². The van der Waals surface area contributed by atoms with Crippen molar-refractivity contribution < 1.29 is 4.79 Å². The SMILES string of the molecule is O=C(N1CCCC1c1ccccc1Cl)C12CC3CC(CC(C3)C1)C2. The monoisotopic (exact) mass is 343 g/mol. The molecule has 1 amide bonds. The third-order valence-electron chi connectivity index (χ3n) is 7.27. The van der Waals surface area contributed by atoms with Crippen molar-refractivity contribution in [3.8, 4) is 0 Å². The van der Waals surface area contributed by atoms with Crippen molar-refractivity contribution in [3.63, 3.8) is 0 Å². The number of hydrogen-bond acceptors (Lipinski definition) is 1. The smallest absolute Gasteiger partial charge is 0.229 e. The minimum atomic E-state index is -0.0292. The van der Waals surface area contributed by atoms with Crippen molar-refractivity contribution in [2.75, 3.05) is 6.54 Å². The molecule has 1 saturated heterocycles. The number of benzene rings is 1. The van der Waals surface area contributed by atoms with Crippen LogP contribution in [-0.4, -0.2) is 17.4 Å². The van der Waals surface area contributed by atoms with E-state index in [1.807, 2.05) is 18.2 Å². The van der Waals surface area contributed by atoms with Gasteiger partial charge in [0.15, 0.2) is 0 Å². The Morgan fingerprint density at radius 2 is 1.67 bits per heavy atom. The predicted molar refractivity (Wildman–Crippen MR) is 95.7 cm³/mol. The minimum absolute atomic E-state index is 0.0292. The van der Waals surface area contributed by atoms with Crippen LogP contribution in [0.15, 0.2) is 24.3 Å². The molecular formula is C21H26ClNO. The molecule has 24 heavy (non-hydrogen) atoms. The fourth-order valence-corrected chi connectivity index (χ4v) is 7.02. The lowest BCUT2D eigenvalue weighted by molar-refractivity contribution is -0.158. The molecule has 1 atom stereocenters. The molecule has 0 aromatic heterocycles. The zero-order valence-electron chi connectivity index (χ0n) is 14.2. The van der Waals surface area contributed by atoms with E-state index in [9.17, 15) is 4.79 Å². The van der Waals surface area contributed by atoms with E-state index in [0.29, 0.717) is 5.91 Å². The zero-order valence-corrected chi connectivity index (χ0v) is 15.0. The maximum atomic E-state index is 13.7. The van der Waals surface area contributed by atoms with Gasteiger partial charge in [-0.15, -0.1) is 0 Å². The average molecular weight is 344 g/mol. The molecule has 0 N–H and O–H groups in total. The third kappa shape index (κ3) is 2.25. The van der Waals surface area contributed by atoms with E-state index in [1.54, 1.807) is 0 Å². The van der Waals surface area contributed by atoms with Gasteiger partial charge in [-0.1, -0.05) is 29.8 Å². The molecule has 5 aliphatic rings. The van der Waals surface area contributed by atoms with Crippen LogP contribution in [-0.2, 0) is 4.79 Å². The summed E-state index contributed by atoms with van der Waals surface area (Å²) in [6.45, 7) is 0.913. The number of amides is 1. The molecule has 4 saturated carbocycles. The highest BCUT2D eigenvalue weighted by atomic mass is 35.5. The number of likely N-dealkylation sites (tertiary alicyclic amines) is 1. The average Bonchev–Trinajstić information content (AvgIpc) is 3.02. The lowest BCUT2D eigenvalue weighted by atomic mass is 9.49. The van der Waals surface area contributed by atoms with Crippen molar-refractivity contribution >= 4 is 17.5 Å². The van der Waals surface area contributed by atoms with E-state index in [2.05, 4.69) is 11.0 Å². The Labute approximate surface area is 149 Å². The van der Waals surface area contributed by atoms with Crippen LogP contribution in [0.5, 0.6) is 0 Å². The number of halogens is 1. The highest BCUT2D eigenvalue weighted by molar-refractivity contribution is 6.31. The van der Waals surface area contributed by atoms with Crippen LogP contribution in [0.2, 0.25) is 5.02 Å². The lowest BCUT2D eigenvalue weighted by Gasteiger charge is -2.56. The number of nitrogens with zero attached hydrogens (tertiary/aromatic N) is 1. The summed E-state index contributed by atoms with van der Waals surface area (Å²) in [4.78, 5) is 15.9. The van der Waals surface area contributed by atoms with E-state index >= 15 is 0 Å². The van der Waals surface area contributed by atoms with Gasteiger partial charge in [-0.3, -0.25) is 4.79 Å². The normalized spacial score (nSPS) is 40.3. The maximum absolute atomic E-state index is 13.7. The second kappa shape index (κ2) is 5.49. The van der Waals surface area contributed by atoms with Gasteiger partial charge in [-0.25, -0.2) is 0 Å². The molecule has 5 fully saturated rings. The maximum Gasteiger partial charge on any atom is 0.229 e. The number of hydrogen-bond donors (Lipinski definition) is 0. The van der Waals surface area contributed by atoms with Crippen LogP contribution in [0.3, 0.4) is 0 Å². The van der Waals surface area contributed by atoms with Gasteiger partial charge in [0.2, 0.25) is 5.91 Å². The molecule has 1 aromatic carbocycles. The molecule has 1 aliphatic heterocycles. The van der Waals surface area contributed by atoms with Crippen LogP contribution in [0.25, 0.3) is 0 Å². The first-order chi connectivity index (χ1) is 11.6. The predicted octanol–water partition coefficient (Wildman–Crippen LogP) is 5.22. The lowest BCUT2D eigenvalue weighted by Crippen LogP contribution is -2.54. The Balaban J connectivity index is 1.45. The van der Waals surface area contributed by atoms with E-state index in [4.69, 9.17) is 11.6 Å². The van der Waals surface area contributed by atoms with Gasteiger partial charge in [0.1, 0.15) is 0 Å². The number of carbonyl (C=O) groups excluding carboxylic acids is 1. The van der Waals surface area contributed by atoms with Crippen LogP contribution >= 0.6 is 11.6 Å². The Bertz CT molecular complexity index is 634. The summed E-state index contributed by atoms with van der Waals surface area (Å²) in [6.07, 6.45) is 9.80. The minimum Gasteiger partial charge on any atom is -0.335 e. The van der Waals surface area contributed by atoms with Gasteiger partial charge in [0.25, 0.3) is 0 Å². The van der Waals surface area contributed by atoms with Gasteiger partial charge >= 0.3 is 0 Å². The largest absolute Gasteiger partial charge is 0.335 e. The first-order valence-electron chi connectivity index (χ1n) is 9.70. The van der Waals surface area contributed by atoms with Crippen molar-refractivity contribution in [2.45, 2.75) is 57.4 Å². The standard InChI is InChI=1S/C21H26ClNO/c22-18-5-2-1-4-17(18)19-6-3-7-23(19)20(24)21-11-14-8-15(12-21)10-16(9-14)13-21/h1-2,4-5,14-16,19H,3,6-13H2. The van der Waals surface area contributed by atoms with Gasteiger partial charge in [-0.2, -0.15) is 0 Å². The fourth-order valence-electron chi connectivity index (χ4n) is 6.76. The third-order valence-corrected chi connectivity index (χ3v) is 7.61. The van der Waals surface area contributed by atoms with Crippen molar-refractivity contribution in [2.24, 2.45) is 23.2 Å². The van der Waals surface area contributed by atoms with Crippen LogP contribution in [0, 0.1) is 23.2 Å². The van der Waals surface area contributed by atoms with Crippen LogP contribution in [0.4, 0.5) is 0 Å². The highest BCUT2D eigenvalue weighted by Crippen LogP contribution is 2.61. The topological polar surface area (TPSA) is 20.3 Å². The Hall–Kier alpha value is -1.02. The van der Waals surface area contributed by atoms with E-state index in [0.717, 1.165) is 67.0 Å². The Morgan fingerprint density at radius 1 is 1.04 bits per heavy atom. The van der Waals surface area contributed by atoms with Crippen molar-refractivity contribution in [3.05, 3.63) is 34.9 Å². The molecule has 3 heteroatoms. The second-order valence-electron chi connectivity index (χ2n) is 8.88. The summed E-state index contributed by atoms with van der Waals surface area (Å²) in [5.41, 5.74) is 1.12. The van der Waals surface area contributed by atoms with Gasteiger partial charge < -0.3 is 4.90 Å². The summed E-state index contributed by atoms with van der Waals surface area (Å²) in [6, 6.07) is 8.29. The number of carbonyl (C=O) groups is 1. The summed E-state index contributed by atoms with van der Waals surface area (Å²) < 4.78 is 0.